The molecule has 7 nitrogen and oxygen atoms in total. The molecule has 0 aliphatic carbocycles. The molecule has 3 atom stereocenters. The first-order valence-electron chi connectivity index (χ1n) is 12.4. The topological polar surface area (TPSA) is 102 Å². The lowest BCUT2D eigenvalue weighted by atomic mass is 9.83. The molecule has 212 valence electrons. The Morgan fingerprint density at radius 1 is 1.16 bits per heavy atom. The van der Waals surface area contributed by atoms with Gasteiger partial charge in [-0.1, -0.05) is 63.0 Å². The Kier molecular flexibility index (Phi) is 14.8. The van der Waals surface area contributed by atoms with Gasteiger partial charge in [-0.25, -0.2) is 4.39 Å². The fourth-order valence-electron chi connectivity index (χ4n) is 3.65. The molecule has 1 saturated heterocycles. The second-order valence-electron chi connectivity index (χ2n) is 10.8. The number of nitrogens with one attached hydrogen (secondary N) is 2. The molecule has 0 radical (unpaired) electrons. The zero-order chi connectivity index (χ0) is 28.9. The fraction of sp³-hybridized carbons (Fsp3) is 0.500. The van der Waals surface area contributed by atoms with E-state index in [0.717, 1.165) is 17.7 Å². The summed E-state index contributed by atoms with van der Waals surface area (Å²) < 4.78 is 14.0. The van der Waals surface area contributed by atoms with E-state index in [4.69, 9.17) is 33.4 Å². The SMILES string of the molecule is CC(C)(C)C.CN(C=O)CCC(O)CO.O=CNc1cc(Cl)c(F)cc1C1CNCC1c1cccc(Cl)c1. The molecular formula is C28H40Cl2FN3O4. The number of anilines is 1. The number of aliphatic hydroxyl groups excluding tert-OH is 2. The Morgan fingerprint density at radius 3 is 2.34 bits per heavy atom. The Balaban J connectivity index is 0.000000401. The summed E-state index contributed by atoms with van der Waals surface area (Å²) in [6, 6.07) is 10.5. The van der Waals surface area contributed by atoms with Gasteiger partial charge in [0.25, 0.3) is 0 Å². The highest BCUT2D eigenvalue weighted by Crippen LogP contribution is 2.41. The normalized spacial score (nSPS) is 17.3. The number of amides is 2. The zero-order valence-electron chi connectivity index (χ0n) is 22.7. The van der Waals surface area contributed by atoms with Gasteiger partial charge in [0.15, 0.2) is 0 Å². The minimum atomic E-state index is -0.706. The van der Waals surface area contributed by atoms with Crippen molar-refractivity contribution in [3.63, 3.8) is 0 Å². The smallest absolute Gasteiger partial charge is 0.211 e. The van der Waals surface area contributed by atoms with Crippen molar-refractivity contribution >= 4 is 41.7 Å². The van der Waals surface area contributed by atoms with E-state index >= 15 is 0 Å². The van der Waals surface area contributed by atoms with Crippen LogP contribution in [0.2, 0.25) is 10.0 Å². The number of halogens is 3. The molecule has 1 heterocycles. The summed E-state index contributed by atoms with van der Waals surface area (Å²) in [6.07, 6.45) is 0.974. The number of rotatable bonds is 9. The van der Waals surface area contributed by atoms with Crippen LogP contribution in [0.25, 0.3) is 0 Å². The van der Waals surface area contributed by atoms with Crippen LogP contribution in [0.4, 0.5) is 10.1 Å². The third-order valence-corrected chi connectivity index (χ3v) is 5.93. The van der Waals surface area contributed by atoms with Crippen LogP contribution >= 0.6 is 23.2 Å². The van der Waals surface area contributed by atoms with Crippen molar-refractivity contribution in [3.8, 4) is 0 Å². The third-order valence-electron chi connectivity index (χ3n) is 5.40. The zero-order valence-corrected chi connectivity index (χ0v) is 24.2. The molecule has 4 N–H and O–H groups in total. The largest absolute Gasteiger partial charge is 0.394 e. The highest BCUT2D eigenvalue weighted by molar-refractivity contribution is 6.31. The maximum Gasteiger partial charge on any atom is 0.211 e. The van der Waals surface area contributed by atoms with Crippen molar-refractivity contribution in [3.05, 3.63) is 63.4 Å². The highest BCUT2D eigenvalue weighted by Gasteiger charge is 2.32. The average Bonchev–Trinajstić information content (AvgIpc) is 3.33. The van der Waals surface area contributed by atoms with Gasteiger partial charge in [-0.15, -0.1) is 0 Å². The molecule has 1 aliphatic heterocycles. The quantitative estimate of drug-likeness (QED) is 0.316. The van der Waals surface area contributed by atoms with Crippen LogP contribution in [0.3, 0.4) is 0 Å². The molecule has 2 amide bonds. The first kappa shape index (κ1) is 33.8. The van der Waals surface area contributed by atoms with Crippen LogP contribution < -0.4 is 10.6 Å². The lowest BCUT2D eigenvalue weighted by Gasteiger charge is -2.22. The Labute approximate surface area is 235 Å². The van der Waals surface area contributed by atoms with Gasteiger partial charge in [-0.2, -0.15) is 0 Å². The number of aliphatic hydroxyl groups is 2. The van der Waals surface area contributed by atoms with Gasteiger partial charge >= 0.3 is 0 Å². The van der Waals surface area contributed by atoms with Gasteiger partial charge in [0.05, 0.1) is 17.7 Å². The minimum absolute atomic E-state index is 0.0108. The molecule has 38 heavy (non-hydrogen) atoms. The van der Waals surface area contributed by atoms with Crippen molar-refractivity contribution in [1.82, 2.24) is 10.2 Å². The summed E-state index contributed by atoms with van der Waals surface area (Å²) >= 11 is 11.9. The van der Waals surface area contributed by atoms with Gasteiger partial charge in [0, 0.05) is 49.2 Å². The molecule has 0 saturated carbocycles. The highest BCUT2D eigenvalue weighted by atomic mass is 35.5. The number of carbonyl (C=O) groups excluding carboxylic acids is 2. The number of carbonyl (C=O) groups is 2. The molecule has 10 heteroatoms. The first-order chi connectivity index (χ1) is 17.8. The van der Waals surface area contributed by atoms with Gasteiger partial charge in [0.1, 0.15) is 5.82 Å². The Morgan fingerprint density at radius 2 is 1.79 bits per heavy atom. The summed E-state index contributed by atoms with van der Waals surface area (Å²) in [6.45, 7) is 10.4. The van der Waals surface area contributed by atoms with Gasteiger partial charge in [0.2, 0.25) is 12.8 Å². The summed E-state index contributed by atoms with van der Waals surface area (Å²) in [4.78, 5) is 22.3. The average molecular weight is 573 g/mol. The molecule has 2 aromatic carbocycles. The molecule has 0 spiro atoms. The maximum atomic E-state index is 14.0. The number of benzene rings is 2. The summed E-state index contributed by atoms with van der Waals surface area (Å²) in [5, 5.41) is 23.8. The van der Waals surface area contributed by atoms with Crippen molar-refractivity contribution in [2.75, 3.05) is 38.6 Å². The van der Waals surface area contributed by atoms with E-state index in [1.54, 1.807) is 7.05 Å². The van der Waals surface area contributed by atoms with Crippen LogP contribution in [0.15, 0.2) is 36.4 Å². The summed E-state index contributed by atoms with van der Waals surface area (Å²) in [7, 11) is 1.62. The summed E-state index contributed by atoms with van der Waals surface area (Å²) in [5.41, 5.74) is 2.85. The predicted octanol–water partition coefficient (Wildman–Crippen LogP) is 5.04. The van der Waals surface area contributed by atoms with Crippen LogP contribution in [-0.2, 0) is 9.59 Å². The van der Waals surface area contributed by atoms with Crippen molar-refractivity contribution in [2.24, 2.45) is 5.41 Å². The monoisotopic (exact) mass is 571 g/mol. The Bertz CT molecular complexity index is 1010. The van der Waals surface area contributed by atoms with E-state index in [1.807, 2.05) is 24.3 Å². The molecule has 0 bridgehead atoms. The molecule has 1 aliphatic rings. The van der Waals surface area contributed by atoms with Crippen molar-refractivity contribution in [2.45, 2.75) is 52.1 Å². The number of hydrogen-bond acceptors (Lipinski definition) is 5. The van der Waals surface area contributed by atoms with Crippen LogP contribution in [0.1, 0.15) is 57.1 Å². The molecule has 3 rings (SSSR count). The van der Waals surface area contributed by atoms with E-state index in [-0.39, 0.29) is 23.5 Å². The van der Waals surface area contributed by atoms with E-state index in [1.165, 1.54) is 17.0 Å². The van der Waals surface area contributed by atoms with E-state index < -0.39 is 11.9 Å². The third kappa shape index (κ3) is 12.5. The minimum Gasteiger partial charge on any atom is -0.394 e. The van der Waals surface area contributed by atoms with Gasteiger partial charge in [-0.05, 0) is 47.2 Å². The first-order valence-corrected chi connectivity index (χ1v) is 13.2. The number of nitrogens with zero attached hydrogens (tertiary/aromatic N) is 1. The van der Waals surface area contributed by atoms with Crippen molar-refractivity contribution < 1.29 is 24.2 Å². The van der Waals surface area contributed by atoms with Crippen molar-refractivity contribution in [1.29, 1.82) is 0 Å². The number of hydrogen-bond donors (Lipinski definition) is 4. The van der Waals surface area contributed by atoms with Crippen LogP contribution in [-0.4, -0.2) is 67.3 Å². The molecule has 1 fully saturated rings. The molecular weight excluding hydrogens is 532 g/mol. The molecule has 3 unspecified atom stereocenters. The lowest BCUT2D eigenvalue weighted by molar-refractivity contribution is -0.117. The van der Waals surface area contributed by atoms with Gasteiger partial charge < -0.3 is 25.7 Å². The molecule has 2 aromatic rings. The fourth-order valence-corrected chi connectivity index (χ4v) is 4.01. The maximum absolute atomic E-state index is 14.0. The van der Waals surface area contributed by atoms with E-state index in [2.05, 4.69) is 38.3 Å². The second-order valence-corrected chi connectivity index (χ2v) is 11.6. The summed E-state index contributed by atoms with van der Waals surface area (Å²) in [5.74, 6) is -0.334. The van der Waals surface area contributed by atoms with E-state index in [0.29, 0.717) is 48.5 Å². The predicted molar refractivity (Wildman–Crippen MR) is 152 cm³/mol. The lowest BCUT2D eigenvalue weighted by Crippen LogP contribution is -2.23. The second kappa shape index (κ2) is 16.7. The van der Waals surface area contributed by atoms with Gasteiger partial charge in [-0.3, -0.25) is 9.59 Å². The Hall–Kier alpha value is -2.23. The van der Waals surface area contributed by atoms with Crippen LogP contribution in [0.5, 0.6) is 0 Å². The van der Waals surface area contributed by atoms with Crippen LogP contribution in [0, 0.1) is 11.2 Å². The van der Waals surface area contributed by atoms with E-state index in [9.17, 15) is 14.0 Å². The molecule has 0 aromatic heterocycles. The standard InChI is InChI=1S/C17H15Cl2FN2O.C6H13NO3.C5H12/c18-11-3-1-2-10(4-11)13-7-21-8-14(13)12-5-16(20)15(19)6-17(12)22-9-23;1-7(5-9)3-2-6(10)4-8;1-5(2,3)4/h1-6,9,13-14,21H,7-8H2,(H,22,23);5-6,8,10H,2-4H2,1H3;1-4H3.